The minimum absolute atomic E-state index is 0.0562. The van der Waals surface area contributed by atoms with Crippen LogP contribution >= 0.6 is 0 Å². The Kier molecular flexibility index (Phi) is 7.99. The Morgan fingerprint density at radius 3 is 2.54 bits per heavy atom. The maximum atomic E-state index is 11.7. The first-order valence-corrected chi connectivity index (χ1v) is 8.65. The molecule has 2 aromatic carbocycles. The lowest BCUT2D eigenvalue weighted by Gasteiger charge is -2.09. The SMILES string of the molecule is Cc1cccc(OCCCNC(=O)CNC(=O)NCc2ccccc2)c1. The van der Waals surface area contributed by atoms with Gasteiger partial charge < -0.3 is 20.7 Å². The molecule has 0 atom stereocenters. The van der Waals surface area contributed by atoms with Gasteiger partial charge in [-0.15, -0.1) is 0 Å². The molecule has 138 valence electrons. The van der Waals surface area contributed by atoms with Crippen molar-refractivity contribution in [3.8, 4) is 5.75 Å². The van der Waals surface area contributed by atoms with Gasteiger partial charge in [-0.2, -0.15) is 0 Å². The van der Waals surface area contributed by atoms with Crippen LogP contribution in [0.3, 0.4) is 0 Å². The van der Waals surface area contributed by atoms with Gasteiger partial charge in [-0.1, -0.05) is 42.5 Å². The van der Waals surface area contributed by atoms with Gasteiger partial charge in [-0.3, -0.25) is 4.79 Å². The molecule has 26 heavy (non-hydrogen) atoms. The highest BCUT2D eigenvalue weighted by Crippen LogP contribution is 2.12. The smallest absolute Gasteiger partial charge is 0.315 e. The highest BCUT2D eigenvalue weighted by atomic mass is 16.5. The minimum atomic E-state index is -0.369. The third-order valence-corrected chi connectivity index (χ3v) is 3.61. The second-order valence-electron chi connectivity index (χ2n) is 5.89. The van der Waals surface area contributed by atoms with Crippen LogP contribution in [-0.4, -0.2) is 31.6 Å². The third kappa shape index (κ3) is 7.70. The lowest BCUT2D eigenvalue weighted by molar-refractivity contribution is -0.120. The summed E-state index contributed by atoms with van der Waals surface area (Å²) in [5.41, 5.74) is 2.15. The molecule has 0 aliphatic rings. The summed E-state index contributed by atoms with van der Waals surface area (Å²) in [6.45, 7) is 3.40. The van der Waals surface area contributed by atoms with Gasteiger partial charge in [0, 0.05) is 13.1 Å². The van der Waals surface area contributed by atoms with Gasteiger partial charge in [-0.25, -0.2) is 4.79 Å². The number of hydrogen-bond donors (Lipinski definition) is 3. The lowest BCUT2D eigenvalue weighted by atomic mass is 10.2. The summed E-state index contributed by atoms with van der Waals surface area (Å²) in [7, 11) is 0. The molecule has 0 saturated carbocycles. The lowest BCUT2D eigenvalue weighted by Crippen LogP contribution is -2.42. The van der Waals surface area contributed by atoms with Crippen molar-refractivity contribution in [3.63, 3.8) is 0 Å². The molecule has 0 fully saturated rings. The van der Waals surface area contributed by atoms with Crippen LogP contribution in [0.15, 0.2) is 54.6 Å². The Hall–Kier alpha value is -3.02. The topological polar surface area (TPSA) is 79.5 Å². The molecular formula is C20H25N3O3. The van der Waals surface area contributed by atoms with E-state index in [0.717, 1.165) is 16.9 Å². The van der Waals surface area contributed by atoms with E-state index in [1.54, 1.807) is 0 Å². The molecule has 0 bridgehead atoms. The summed E-state index contributed by atoms with van der Waals surface area (Å²) in [6.07, 6.45) is 0.694. The number of hydrogen-bond acceptors (Lipinski definition) is 3. The first kappa shape index (κ1) is 19.3. The van der Waals surface area contributed by atoms with Crippen molar-refractivity contribution in [1.29, 1.82) is 0 Å². The maximum Gasteiger partial charge on any atom is 0.315 e. The molecule has 0 aromatic heterocycles. The van der Waals surface area contributed by atoms with Gasteiger partial charge in [0.1, 0.15) is 5.75 Å². The molecule has 6 heteroatoms. The van der Waals surface area contributed by atoms with E-state index in [9.17, 15) is 9.59 Å². The molecule has 2 aromatic rings. The largest absolute Gasteiger partial charge is 0.494 e. The molecule has 3 amide bonds. The number of urea groups is 1. The molecule has 6 nitrogen and oxygen atoms in total. The first-order chi connectivity index (χ1) is 12.6. The van der Waals surface area contributed by atoms with E-state index < -0.39 is 0 Å². The van der Waals surface area contributed by atoms with Crippen molar-refractivity contribution in [2.24, 2.45) is 0 Å². The molecule has 0 heterocycles. The zero-order valence-electron chi connectivity index (χ0n) is 15.0. The standard InChI is InChI=1S/C20H25N3O3/c1-16-7-5-10-18(13-16)26-12-6-11-21-19(24)15-23-20(25)22-14-17-8-3-2-4-9-17/h2-5,7-10,13H,6,11-12,14-15H2,1H3,(H,21,24)(H2,22,23,25). The highest BCUT2D eigenvalue weighted by Gasteiger charge is 2.04. The van der Waals surface area contributed by atoms with Gasteiger partial charge in [-0.05, 0) is 36.6 Å². The Balaban J connectivity index is 1.51. The highest BCUT2D eigenvalue weighted by molar-refractivity contribution is 5.83. The van der Waals surface area contributed by atoms with E-state index in [1.165, 1.54) is 0 Å². The van der Waals surface area contributed by atoms with Crippen LogP contribution in [0.2, 0.25) is 0 Å². The number of amides is 3. The Labute approximate surface area is 153 Å². The van der Waals surface area contributed by atoms with Crippen molar-refractivity contribution in [2.45, 2.75) is 19.9 Å². The minimum Gasteiger partial charge on any atom is -0.494 e. The van der Waals surface area contributed by atoms with Crippen molar-refractivity contribution in [2.75, 3.05) is 19.7 Å². The van der Waals surface area contributed by atoms with Gasteiger partial charge in [0.2, 0.25) is 5.91 Å². The second kappa shape index (κ2) is 10.8. The number of carbonyl (C=O) groups is 2. The van der Waals surface area contributed by atoms with Crippen molar-refractivity contribution < 1.29 is 14.3 Å². The van der Waals surface area contributed by atoms with Crippen molar-refractivity contribution in [3.05, 3.63) is 65.7 Å². The second-order valence-corrected chi connectivity index (χ2v) is 5.89. The van der Waals surface area contributed by atoms with Crippen LogP contribution in [0.4, 0.5) is 4.79 Å². The Morgan fingerprint density at radius 1 is 0.962 bits per heavy atom. The molecule has 3 N–H and O–H groups in total. The van der Waals surface area contributed by atoms with Crippen LogP contribution in [-0.2, 0) is 11.3 Å². The van der Waals surface area contributed by atoms with Crippen LogP contribution in [0, 0.1) is 6.92 Å². The van der Waals surface area contributed by atoms with E-state index in [4.69, 9.17) is 4.74 Å². The van der Waals surface area contributed by atoms with E-state index >= 15 is 0 Å². The molecule has 0 unspecified atom stereocenters. The van der Waals surface area contributed by atoms with Crippen LogP contribution in [0.1, 0.15) is 17.5 Å². The summed E-state index contributed by atoms with van der Waals surface area (Å²) in [5, 5.41) is 7.98. The zero-order chi connectivity index (χ0) is 18.6. The van der Waals surface area contributed by atoms with Gasteiger partial charge in [0.05, 0.1) is 13.2 Å². The number of ether oxygens (including phenoxy) is 1. The number of rotatable bonds is 9. The van der Waals surface area contributed by atoms with Crippen LogP contribution in [0.25, 0.3) is 0 Å². The molecule has 0 aliphatic heterocycles. The predicted molar refractivity (Wildman–Crippen MR) is 101 cm³/mol. The van der Waals surface area contributed by atoms with Crippen molar-refractivity contribution >= 4 is 11.9 Å². The van der Waals surface area contributed by atoms with E-state index in [2.05, 4.69) is 16.0 Å². The van der Waals surface area contributed by atoms with Gasteiger partial charge >= 0.3 is 6.03 Å². The maximum absolute atomic E-state index is 11.7. The summed E-state index contributed by atoms with van der Waals surface area (Å²) in [6, 6.07) is 17.0. The van der Waals surface area contributed by atoms with Crippen LogP contribution < -0.4 is 20.7 Å². The first-order valence-electron chi connectivity index (χ1n) is 8.65. The molecule has 0 saturated heterocycles. The quantitative estimate of drug-likeness (QED) is 0.604. The summed E-state index contributed by atoms with van der Waals surface area (Å²) < 4.78 is 5.61. The number of aryl methyl sites for hydroxylation is 1. The monoisotopic (exact) mass is 355 g/mol. The molecule has 0 radical (unpaired) electrons. The van der Waals surface area contributed by atoms with Crippen LogP contribution in [0.5, 0.6) is 5.75 Å². The third-order valence-electron chi connectivity index (χ3n) is 3.61. The fourth-order valence-electron chi connectivity index (χ4n) is 2.26. The fraction of sp³-hybridized carbons (Fsp3) is 0.300. The normalized spacial score (nSPS) is 10.0. The van der Waals surface area contributed by atoms with E-state index in [0.29, 0.717) is 26.1 Å². The molecule has 2 rings (SSSR count). The molecular weight excluding hydrogens is 330 g/mol. The summed E-state index contributed by atoms with van der Waals surface area (Å²) >= 11 is 0. The van der Waals surface area contributed by atoms with E-state index in [-0.39, 0.29) is 18.5 Å². The van der Waals surface area contributed by atoms with Gasteiger partial charge in [0.15, 0.2) is 0 Å². The Morgan fingerprint density at radius 2 is 1.77 bits per heavy atom. The zero-order valence-corrected chi connectivity index (χ0v) is 15.0. The summed E-state index contributed by atoms with van der Waals surface area (Å²) in [5.74, 6) is 0.600. The summed E-state index contributed by atoms with van der Waals surface area (Å²) in [4.78, 5) is 23.4. The van der Waals surface area contributed by atoms with E-state index in [1.807, 2.05) is 61.5 Å². The Bertz CT molecular complexity index is 704. The predicted octanol–water partition coefficient (Wildman–Crippen LogP) is 2.38. The van der Waals surface area contributed by atoms with Gasteiger partial charge in [0.25, 0.3) is 0 Å². The average molecular weight is 355 g/mol. The molecule has 0 spiro atoms. The number of carbonyl (C=O) groups excluding carboxylic acids is 2. The number of benzene rings is 2. The average Bonchev–Trinajstić information content (AvgIpc) is 2.65. The molecule has 0 aliphatic carbocycles. The fourth-order valence-corrected chi connectivity index (χ4v) is 2.26. The van der Waals surface area contributed by atoms with Crippen molar-refractivity contribution in [1.82, 2.24) is 16.0 Å². The number of nitrogens with one attached hydrogen (secondary N) is 3.